The summed E-state index contributed by atoms with van der Waals surface area (Å²) in [6, 6.07) is 12.5. The van der Waals surface area contributed by atoms with E-state index in [9.17, 15) is 4.79 Å². The zero-order chi connectivity index (χ0) is 19.5. The van der Waals surface area contributed by atoms with E-state index in [0.29, 0.717) is 33.0 Å². The number of carbonyl (C=O) groups is 1. The van der Waals surface area contributed by atoms with Crippen molar-refractivity contribution >= 4 is 45.6 Å². The van der Waals surface area contributed by atoms with Crippen LogP contribution >= 0.6 is 34.5 Å². The van der Waals surface area contributed by atoms with Gasteiger partial charge in [0, 0.05) is 21.5 Å². The van der Waals surface area contributed by atoms with Crippen LogP contribution in [0.2, 0.25) is 10.0 Å². The fraction of sp³-hybridized carbons (Fsp3) is 0.0526. The number of carbonyl (C=O) groups excluding carboxylic acids is 1. The number of nitrogens with one attached hydrogen (secondary N) is 1. The van der Waals surface area contributed by atoms with E-state index in [2.05, 4.69) is 20.4 Å². The summed E-state index contributed by atoms with van der Waals surface area (Å²) in [5.74, 6) is -0.231. The number of amides is 1. The molecule has 1 amide bonds. The average Bonchev–Trinajstić information content (AvgIpc) is 3.36. The molecular formula is C19H13Cl2N5OS. The molecular weight excluding hydrogens is 417 g/mol. The number of anilines is 1. The Morgan fingerprint density at radius 3 is 2.71 bits per heavy atom. The van der Waals surface area contributed by atoms with Crippen LogP contribution in [0.1, 0.15) is 15.9 Å². The highest BCUT2D eigenvalue weighted by molar-refractivity contribution is 7.14. The zero-order valence-electron chi connectivity index (χ0n) is 14.3. The molecule has 0 aliphatic rings. The number of hydrogen-bond acceptors (Lipinski definition) is 5. The molecule has 0 unspecified atom stereocenters. The minimum absolute atomic E-state index is 0.231. The van der Waals surface area contributed by atoms with Crippen molar-refractivity contribution in [2.24, 2.45) is 0 Å². The first kappa shape index (κ1) is 18.6. The highest BCUT2D eigenvalue weighted by atomic mass is 35.5. The molecule has 0 saturated carbocycles. The molecule has 4 aromatic rings. The third-order valence-corrected chi connectivity index (χ3v) is 5.28. The van der Waals surface area contributed by atoms with Gasteiger partial charge in [0.15, 0.2) is 5.13 Å². The van der Waals surface area contributed by atoms with Crippen molar-refractivity contribution in [3.05, 3.63) is 81.7 Å². The second-order valence-corrected chi connectivity index (χ2v) is 7.61. The summed E-state index contributed by atoms with van der Waals surface area (Å²) in [5, 5.41) is 10.3. The van der Waals surface area contributed by atoms with E-state index in [1.807, 2.05) is 17.5 Å². The van der Waals surface area contributed by atoms with E-state index in [1.165, 1.54) is 17.7 Å². The Labute approximate surface area is 174 Å². The summed E-state index contributed by atoms with van der Waals surface area (Å²) in [6.45, 7) is 0.595. The summed E-state index contributed by atoms with van der Waals surface area (Å²) in [5.41, 5.74) is 2.95. The van der Waals surface area contributed by atoms with Crippen LogP contribution in [-0.2, 0) is 6.54 Å². The number of halogens is 2. The predicted octanol–water partition coefficient (Wildman–Crippen LogP) is 5.01. The SMILES string of the molecule is O=C(Nc1nc(-c2cc(Cl)ccc2Cl)cs1)c1ccc(Cn2cncn2)cc1. The summed E-state index contributed by atoms with van der Waals surface area (Å²) < 4.78 is 1.72. The number of hydrogen-bond donors (Lipinski definition) is 1. The minimum atomic E-state index is -0.231. The molecule has 2 heterocycles. The number of rotatable bonds is 5. The molecule has 0 atom stereocenters. The van der Waals surface area contributed by atoms with Gasteiger partial charge < -0.3 is 0 Å². The van der Waals surface area contributed by atoms with Gasteiger partial charge in [-0.3, -0.25) is 10.1 Å². The highest BCUT2D eigenvalue weighted by Crippen LogP contribution is 2.32. The minimum Gasteiger partial charge on any atom is -0.298 e. The molecule has 2 aromatic heterocycles. The van der Waals surface area contributed by atoms with E-state index in [4.69, 9.17) is 23.2 Å². The van der Waals surface area contributed by atoms with Crippen molar-refractivity contribution in [3.8, 4) is 11.3 Å². The van der Waals surface area contributed by atoms with Crippen LogP contribution < -0.4 is 5.32 Å². The van der Waals surface area contributed by atoms with Crippen LogP contribution in [0.25, 0.3) is 11.3 Å². The van der Waals surface area contributed by atoms with Crippen LogP contribution in [-0.4, -0.2) is 25.7 Å². The molecule has 2 aromatic carbocycles. The lowest BCUT2D eigenvalue weighted by Gasteiger charge is -2.05. The van der Waals surface area contributed by atoms with Crippen molar-refractivity contribution in [2.75, 3.05) is 5.32 Å². The van der Waals surface area contributed by atoms with Crippen LogP contribution in [0.3, 0.4) is 0 Å². The van der Waals surface area contributed by atoms with E-state index in [1.54, 1.807) is 41.3 Å². The molecule has 0 fully saturated rings. The van der Waals surface area contributed by atoms with Gasteiger partial charge in [0.05, 0.1) is 17.3 Å². The van der Waals surface area contributed by atoms with Gasteiger partial charge in [0.2, 0.25) is 0 Å². The Hall–Kier alpha value is -2.74. The lowest BCUT2D eigenvalue weighted by molar-refractivity contribution is 0.102. The molecule has 0 saturated heterocycles. The maximum Gasteiger partial charge on any atom is 0.257 e. The van der Waals surface area contributed by atoms with Gasteiger partial charge in [-0.25, -0.2) is 14.6 Å². The van der Waals surface area contributed by atoms with Gasteiger partial charge in [0.25, 0.3) is 5.91 Å². The Bertz CT molecular complexity index is 1110. The Morgan fingerprint density at radius 1 is 1.14 bits per heavy atom. The van der Waals surface area contributed by atoms with Gasteiger partial charge >= 0.3 is 0 Å². The van der Waals surface area contributed by atoms with Crippen LogP contribution in [0.15, 0.2) is 60.5 Å². The molecule has 0 bridgehead atoms. The van der Waals surface area contributed by atoms with Gasteiger partial charge in [-0.05, 0) is 35.9 Å². The maximum atomic E-state index is 12.5. The molecule has 28 heavy (non-hydrogen) atoms. The summed E-state index contributed by atoms with van der Waals surface area (Å²) >= 11 is 13.6. The second kappa shape index (κ2) is 8.10. The molecule has 0 spiro atoms. The second-order valence-electron chi connectivity index (χ2n) is 5.91. The topological polar surface area (TPSA) is 72.7 Å². The Balaban J connectivity index is 1.45. The molecule has 0 aliphatic carbocycles. The van der Waals surface area contributed by atoms with Crippen molar-refractivity contribution in [1.82, 2.24) is 19.7 Å². The van der Waals surface area contributed by atoms with Crippen molar-refractivity contribution in [1.29, 1.82) is 0 Å². The standard InChI is InChI=1S/C19H13Cl2N5OS/c20-14-5-6-16(21)15(7-14)17-9-28-19(24-17)25-18(27)13-3-1-12(2-4-13)8-26-11-22-10-23-26/h1-7,9-11H,8H2,(H,24,25,27). The number of nitrogens with zero attached hydrogens (tertiary/aromatic N) is 4. The van der Waals surface area contributed by atoms with Crippen LogP contribution in [0.5, 0.6) is 0 Å². The third-order valence-electron chi connectivity index (χ3n) is 3.96. The highest BCUT2D eigenvalue weighted by Gasteiger charge is 2.12. The Morgan fingerprint density at radius 2 is 1.96 bits per heavy atom. The lowest BCUT2D eigenvalue weighted by atomic mass is 10.1. The summed E-state index contributed by atoms with van der Waals surface area (Å²) in [4.78, 5) is 20.8. The van der Waals surface area contributed by atoms with Crippen molar-refractivity contribution < 1.29 is 4.79 Å². The molecule has 140 valence electrons. The summed E-state index contributed by atoms with van der Waals surface area (Å²) in [7, 11) is 0. The maximum absolute atomic E-state index is 12.5. The van der Waals surface area contributed by atoms with E-state index in [0.717, 1.165) is 11.1 Å². The molecule has 4 rings (SSSR count). The quantitative estimate of drug-likeness (QED) is 0.483. The number of thiazole rings is 1. The molecule has 0 radical (unpaired) electrons. The van der Waals surface area contributed by atoms with Crippen LogP contribution in [0, 0.1) is 0 Å². The van der Waals surface area contributed by atoms with Crippen molar-refractivity contribution in [3.63, 3.8) is 0 Å². The van der Waals surface area contributed by atoms with Gasteiger partial charge in [-0.2, -0.15) is 5.10 Å². The van der Waals surface area contributed by atoms with E-state index >= 15 is 0 Å². The molecule has 6 nitrogen and oxygen atoms in total. The third kappa shape index (κ3) is 4.22. The van der Waals surface area contributed by atoms with Crippen molar-refractivity contribution in [2.45, 2.75) is 6.54 Å². The fourth-order valence-corrected chi connectivity index (χ4v) is 3.67. The summed E-state index contributed by atoms with van der Waals surface area (Å²) in [6.07, 6.45) is 3.13. The first-order chi connectivity index (χ1) is 13.6. The molecule has 9 heteroatoms. The average molecular weight is 430 g/mol. The smallest absolute Gasteiger partial charge is 0.257 e. The van der Waals surface area contributed by atoms with Gasteiger partial charge in [0.1, 0.15) is 12.7 Å². The monoisotopic (exact) mass is 429 g/mol. The normalized spacial score (nSPS) is 10.8. The molecule has 0 aliphatic heterocycles. The first-order valence-corrected chi connectivity index (χ1v) is 9.86. The fourth-order valence-electron chi connectivity index (χ4n) is 2.58. The number of benzene rings is 2. The largest absolute Gasteiger partial charge is 0.298 e. The number of aromatic nitrogens is 4. The lowest BCUT2D eigenvalue weighted by Crippen LogP contribution is -2.11. The van der Waals surface area contributed by atoms with E-state index < -0.39 is 0 Å². The van der Waals surface area contributed by atoms with Gasteiger partial charge in [-0.15, -0.1) is 11.3 Å². The molecule has 1 N–H and O–H groups in total. The first-order valence-electron chi connectivity index (χ1n) is 8.22. The van der Waals surface area contributed by atoms with Gasteiger partial charge in [-0.1, -0.05) is 35.3 Å². The van der Waals surface area contributed by atoms with E-state index in [-0.39, 0.29) is 5.91 Å². The predicted molar refractivity (Wildman–Crippen MR) is 111 cm³/mol. The Kier molecular flexibility index (Phi) is 5.38. The van der Waals surface area contributed by atoms with Crippen LogP contribution in [0.4, 0.5) is 5.13 Å². The zero-order valence-corrected chi connectivity index (χ0v) is 16.7.